The highest BCUT2D eigenvalue weighted by molar-refractivity contribution is 7.22. The first kappa shape index (κ1) is 22.3. The summed E-state index contributed by atoms with van der Waals surface area (Å²) in [6.45, 7) is 1.76. The van der Waals surface area contributed by atoms with E-state index in [1.165, 1.54) is 27.6 Å². The topological polar surface area (TPSA) is 96.3 Å². The van der Waals surface area contributed by atoms with Crippen LogP contribution in [0, 0.1) is 6.92 Å². The zero-order chi connectivity index (χ0) is 24.8. The molecule has 7 nitrogen and oxygen atoms in total. The summed E-state index contributed by atoms with van der Waals surface area (Å²) < 4.78 is 0.902. The number of aliphatic hydroxyl groups is 1. The molecule has 3 aromatic heterocycles. The molecule has 1 unspecified atom stereocenters. The number of thiazole rings is 2. The van der Waals surface area contributed by atoms with Crippen molar-refractivity contribution in [2.24, 2.45) is 0 Å². The monoisotopic (exact) mass is 510 g/mol. The number of aliphatic hydroxyl groups excluding tert-OH is 1. The molecule has 9 heteroatoms. The van der Waals surface area contributed by atoms with E-state index in [-0.39, 0.29) is 5.57 Å². The number of rotatable bonds is 5. The summed E-state index contributed by atoms with van der Waals surface area (Å²) in [5.41, 5.74) is 2.84. The molecule has 0 radical (unpaired) electrons. The maximum absolute atomic E-state index is 13.9. The summed E-state index contributed by atoms with van der Waals surface area (Å²) in [6, 6.07) is 19.8. The average molecular weight is 511 g/mol. The molecule has 0 fully saturated rings. The van der Waals surface area contributed by atoms with E-state index in [0.29, 0.717) is 26.3 Å². The lowest BCUT2D eigenvalue weighted by Gasteiger charge is -2.24. The van der Waals surface area contributed by atoms with E-state index in [9.17, 15) is 14.7 Å². The molecule has 0 bridgehead atoms. The molecule has 1 aliphatic rings. The van der Waals surface area contributed by atoms with Crippen LogP contribution in [-0.2, 0) is 4.79 Å². The Morgan fingerprint density at radius 2 is 1.67 bits per heavy atom. The highest BCUT2D eigenvalue weighted by Crippen LogP contribution is 2.45. The van der Waals surface area contributed by atoms with Gasteiger partial charge >= 0.3 is 0 Å². The van der Waals surface area contributed by atoms with E-state index in [1.54, 1.807) is 31.5 Å². The number of hydrogen-bond acceptors (Lipinski definition) is 8. The minimum absolute atomic E-state index is 0.0109. The molecule has 1 N–H and O–H groups in total. The number of pyridine rings is 1. The van der Waals surface area contributed by atoms with Gasteiger partial charge in [0, 0.05) is 18.0 Å². The van der Waals surface area contributed by atoms with Crippen LogP contribution in [0.2, 0.25) is 0 Å². The number of para-hydroxylation sites is 1. The first-order valence-electron chi connectivity index (χ1n) is 11.1. The Hall–Kier alpha value is -4.21. The summed E-state index contributed by atoms with van der Waals surface area (Å²) >= 11 is 2.58. The third-order valence-electron chi connectivity index (χ3n) is 5.99. The van der Waals surface area contributed by atoms with Crippen molar-refractivity contribution >= 4 is 49.7 Å². The van der Waals surface area contributed by atoms with Crippen molar-refractivity contribution < 1.29 is 14.7 Å². The van der Waals surface area contributed by atoms with Crippen molar-refractivity contribution in [3.63, 3.8) is 0 Å². The predicted octanol–water partition coefficient (Wildman–Crippen LogP) is 5.91. The van der Waals surface area contributed by atoms with E-state index in [0.717, 1.165) is 15.8 Å². The third-order valence-corrected chi connectivity index (χ3v) is 8.23. The summed E-state index contributed by atoms with van der Waals surface area (Å²) in [4.78, 5) is 42.5. The maximum Gasteiger partial charge on any atom is 0.296 e. The van der Waals surface area contributed by atoms with E-state index >= 15 is 0 Å². The quantitative estimate of drug-likeness (QED) is 0.296. The smallest absolute Gasteiger partial charge is 0.296 e. The van der Waals surface area contributed by atoms with Crippen LogP contribution in [0.4, 0.5) is 5.13 Å². The number of carbonyl (C=O) groups is 2. The van der Waals surface area contributed by atoms with E-state index in [1.807, 2.05) is 54.6 Å². The van der Waals surface area contributed by atoms with Crippen LogP contribution in [0.15, 0.2) is 90.5 Å². The lowest BCUT2D eigenvalue weighted by atomic mass is 9.96. The second kappa shape index (κ2) is 8.78. The average Bonchev–Trinajstić information content (AvgIpc) is 3.58. The Morgan fingerprint density at radius 1 is 0.944 bits per heavy atom. The molecule has 176 valence electrons. The summed E-state index contributed by atoms with van der Waals surface area (Å²) in [5.74, 6) is -1.66. The fraction of sp³-hybridized carbons (Fsp3) is 0.0741. The maximum atomic E-state index is 13.9. The molecular weight excluding hydrogens is 492 g/mol. The first-order chi connectivity index (χ1) is 17.5. The number of Topliss-reactive ketones (excluding diaryl/α,β-unsaturated/α-hetero) is 1. The molecule has 1 amide bonds. The number of nitrogens with zero attached hydrogens (tertiary/aromatic N) is 4. The molecular formula is C27H18N4O3S2. The molecule has 2 aromatic carbocycles. The van der Waals surface area contributed by atoms with Gasteiger partial charge in [-0.1, -0.05) is 53.8 Å². The number of anilines is 1. The summed E-state index contributed by atoms with van der Waals surface area (Å²) in [7, 11) is 0. The van der Waals surface area contributed by atoms with E-state index < -0.39 is 23.5 Å². The largest absolute Gasteiger partial charge is 0.503 e. The first-order valence-corrected chi connectivity index (χ1v) is 12.8. The number of aryl methyl sites for hydroxylation is 1. The standard InChI is InChI=1S/C27H18N4O3S2/c1-15-24(36-25(29-15)17-7-3-2-4-8-17)22(32)20-21(16-11-13-28-14-12-16)31(26(34)23(20)33)27-30-18-9-5-6-10-19(18)35-27/h2-14,21,33H,1H3. The molecule has 0 saturated heterocycles. The zero-order valence-electron chi connectivity index (χ0n) is 19.0. The van der Waals surface area contributed by atoms with Crippen molar-refractivity contribution in [2.45, 2.75) is 13.0 Å². The number of amides is 1. The van der Waals surface area contributed by atoms with Crippen LogP contribution in [0.1, 0.15) is 27.0 Å². The number of aromatic nitrogens is 3. The normalized spacial score (nSPS) is 15.8. The molecule has 0 aliphatic carbocycles. The Morgan fingerprint density at radius 3 is 2.42 bits per heavy atom. The van der Waals surface area contributed by atoms with Crippen molar-refractivity contribution in [3.05, 3.63) is 107 Å². The van der Waals surface area contributed by atoms with Crippen LogP contribution >= 0.6 is 22.7 Å². The highest BCUT2D eigenvalue weighted by atomic mass is 32.1. The lowest BCUT2D eigenvalue weighted by molar-refractivity contribution is -0.117. The third kappa shape index (κ3) is 3.60. The van der Waals surface area contributed by atoms with Crippen molar-refractivity contribution in [3.8, 4) is 10.6 Å². The van der Waals surface area contributed by atoms with E-state index in [4.69, 9.17) is 0 Å². The minimum Gasteiger partial charge on any atom is -0.503 e. The van der Waals surface area contributed by atoms with Gasteiger partial charge in [-0.25, -0.2) is 9.97 Å². The molecule has 1 aliphatic heterocycles. The Bertz CT molecular complexity index is 1630. The summed E-state index contributed by atoms with van der Waals surface area (Å²) in [5, 5.41) is 12.2. The fourth-order valence-electron chi connectivity index (χ4n) is 4.29. The van der Waals surface area contributed by atoms with Crippen molar-refractivity contribution in [1.82, 2.24) is 15.0 Å². The fourth-order valence-corrected chi connectivity index (χ4v) is 6.31. The van der Waals surface area contributed by atoms with Gasteiger partial charge in [-0.3, -0.25) is 19.5 Å². The molecule has 1 atom stereocenters. The van der Waals surface area contributed by atoms with Crippen LogP contribution in [0.5, 0.6) is 0 Å². The highest BCUT2D eigenvalue weighted by Gasteiger charge is 2.46. The van der Waals surface area contributed by atoms with Crippen LogP contribution in [-0.4, -0.2) is 31.7 Å². The van der Waals surface area contributed by atoms with Gasteiger partial charge in [0.1, 0.15) is 5.01 Å². The van der Waals surface area contributed by atoms with Crippen LogP contribution in [0.3, 0.4) is 0 Å². The number of carbonyl (C=O) groups excluding carboxylic acids is 2. The molecule has 0 saturated carbocycles. The van der Waals surface area contributed by atoms with Gasteiger partial charge in [0.2, 0.25) is 5.78 Å². The number of benzene rings is 2. The Balaban J connectivity index is 1.48. The molecule has 0 spiro atoms. The van der Waals surface area contributed by atoms with E-state index in [2.05, 4.69) is 15.0 Å². The number of hydrogen-bond donors (Lipinski definition) is 1. The molecule has 36 heavy (non-hydrogen) atoms. The number of fused-ring (bicyclic) bond motifs is 1. The van der Waals surface area contributed by atoms with Gasteiger partial charge in [0.05, 0.1) is 32.4 Å². The second-order valence-corrected chi connectivity index (χ2v) is 10.2. The Kier molecular flexibility index (Phi) is 5.43. The SMILES string of the molecule is Cc1nc(-c2ccccc2)sc1C(=O)C1=C(O)C(=O)N(c2nc3ccccc3s2)C1c1ccncc1. The second-order valence-electron chi connectivity index (χ2n) is 8.21. The minimum atomic E-state index is -0.852. The van der Waals surface area contributed by atoms with Gasteiger partial charge in [-0.15, -0.1) is 11.3 Å². The van der Waals surface area contributed by atoms with Crippen molar-refractivity contribution in [2.75, 3.05) is 4.90 Å². The number of ketones is 1. The van der Waals surface area contributed by atoms with Gasteiger partial charge in [-0.05, 0) is 36.8 Å². The Labute approximate surface area is 214 Å². The zero-order valence-corrected chi connectivity index (χ0v) is 20.6. The van der Waals surface area contributed by atoms with Gasteiger partial charge in [0.25, 0.3) is 5.91 Å². The molecule has 5 aromatic rings. The molecule has 6 rings (SSSR count). The van der Waals surface area contributed by atoms with Gasteiger partial charge in [-0.2, -0.15) is 0 Å². The van der Waals surface area contributed by atoms with Crippen LogP contribution < -0.4 is 4.90 Å². The predicted molar refractivity (Wildman–Crippen MR) is 140 cm³/mol. The molecule has 4 heterocycles. The summed E-state index contributed by atoms with van der Waals surface area (Å²) in [6.07, 6.45) is 3.19. The van der Waals surface area contributed by atoms with Gasteiger partial charge in [0.15, 0.2) is 10.9 Å². The van der Waals surface area contributed by atoms with Crippen LogP contribution in [0.25, 0.3) is 20.8 Å². The van der Waals surface area contributed by atoms with Crippen molar-refractivity contribution in [1.29, 1.82) is 0 Å². The van der Waals surface area contributed by atoms with Gasteiger partial charge < -0.3 is 5.11 Å². The lowest BCUT2D eigenvalue weighted by Crippen LogP contribution is -2.31.